The summed E-state index contributed by atoms with van der Waals surface area (Å²) in [4.78, 5) is 12.0. The number of hydrogen-bond acceptors (Lipinski definition) is 3. The van der Waals surface area contributed by atoms with E-state index in [4.69, 9.17) is 0 Å². The van der Waals surface area contributed by atoms with E-state index in [0.29, 0.717) is 23.2 Å². The first-order valence-corrected chi connectivity index (χ1v) is 7.68. The predicted octanol–water partition coefficient (Wildman–Crippen LogP) is 2.83. The van der Waals surface area contributed by atoms with Crippen molar-refractivity contribution in [1.29, 1.82) is 0 Å². The van der Waals surface area contributed by atoms with Crippen LogP contribution in [0.25, 0.3) is 0 Å². The zero-order valence-electron chi connectivity index (χ0n) is 11.5. The highest BCUT2D eigenvalue weighted by Gasteiger charge is 2.32. The van der Waals surface area contributed by atoms with Gasteiger partial charge in [0.15, 0.2) is 0 Å². The highest BCUT2D eigenvalue weighted by atomic mass is 79.9. The topological polar surface area (TPSA) is 69.6 Å². The molecule has 0 unspecified atom stereocenters. The third-order valence-corrected chi connectivity index (χ3v) is 4.48. The van der Waals surface area contributed by atoms with Gasteiger partial charge in [0.05, 0.1) is 11.2 Å². The number of aromatic hydroxyl groups is 1. The number of hydrogen-bond donors (Lipinski definition) is 3. The summed E-state index contributed by atoms with van der Waals surface area (Å²) in [6, 6.07) is 4.74. The van der Waals surface area contributed by atoms with Gasteiger partial charge >= 0.3 is 0 Å². The third-order valence-electron chi connectivity index (χ3n) is 3.99. The van der Waals surface area contributed by atoms with Crippen molar-refractivity contribution in [3.8, 4) is 5.75 Å². The lowest BCUT2D eigenvalue weighted by atomic mass is 9.79. The molecule has 1 amide bonds. The van der Waals surface area contributed by atoms with Gasteiger partial charge in [-0.15, -0.1) is 0 Å². The fourth-order valence-corrected chi connectivity index (χ4v) is 2.86. The summed E-state index contributed by atoms with van der Waals surface area (Å²) in [6.45, 7) is 2.41. The Morgan fingerprint density at radius 2 is 2.10 bits per heavy atom. The number of rotatable bonds is 3. The lowest BCUT2D eigenvalue weighted by molar-refractivity contribution is -0.00542. The second-order valence-corrected chi connectivity index (χ2v) is 6.67. The molecule has 3 N–H and O–H groups in total. The van der Waals surface area contributed by atoms with Crippen molar-refractivity contribution < 1.29 is 15.0 Å². The highest BCUT2D eigenvalue weighted by molar-refractivity contribution is 9.10. The number of halogens is 1. The highest BCUT2D eigenvalue weighted by Crippen LogP contribution is 2.31. The lowest BCUT2D eigenvalue weighted by Crippen LogP contribution is -2.45. The van der Waals surface area contributed by atoms with Gasteiger partial charge in [-0.3, -0.25) is 4.79 Å². The molecule has 0 spiro atoms. The SMILES string of the molecule is CC1CCC(O)(CNC(=O)c2ccc(Br)cc2O)CC1. The maximum absolute atomic E-state index is 12.0. The van der Waals surface area contributed by atoms with Crippen molar-refractivity contribution >= 4 is 21.8 Å². The Hall–Kier alpha value is -1.07. The first kappa shape index (κ1) is 15.3. The molecule has 110 valence electrons. The largest absolute Gasteiger partial charge is 0.507 e. The van der Waals surface area contributed by atoms with Gasteiger partial charge in [0.2, 0.25) is 0 Å². The van der Waals surface area contributed by atoms with Crippen LogP contribution in [0.4, 0.5) is 0 Å². The van der Waals surface area contributed by atoms with Gasteiger partial charge < -0.3 is 15.5 Å². The summed E-state index contributed by atoms with van der Waals surface area (Å²) in [6.07, 6.45) is 3.38. The smallest absolute Gasteiger partial charge is 0.255 e. The van der Waals surface area contributed by atoms with Crippen LogP contribution in [0.3, 0.4) is 0 Å². The van der Waals surface area contributed by atoms with E-state index in [1.54, 1.807) is 12.1 Å². The number of aliphatic hydroxyl groups is 1. The molecule has 0 aliphatic heterocycles. The van der Waals surface area contributed by atoms with Crippen LogP contribution in [0, 0.1) is 5.92 Å². The van der Waals surface area contributed by atoms with E-state index in [1.807, 2.05) is 0 Å². The Morgan fingerprint density at radius 1 is 1.45 bits per heavy atom. The maximum Gasteiger partial charge on any atom is 0.255 e. The van der Waals surface area contributed by atoms with E-state index in [9.17, 15) is 15.0 Å². The second kappa shape index (κ2) is 6.14. The van der Waals surface area contributed by atoms with Crippen molar-refractivity contribution in [3.63, 3.8) is 0 Å². The van der Waals surface area contributed by atoms with E-state index in [0.717, 1.165) is 12.8 Å². The van der Waals surface area contributed by atoms with Gasteiger partial charge in [0, 0.05) is 11.0 Å². The fourth-order valence-electron chi connectivity index (χ4n) is 2.51. The molecular weight excluding hydrogens is 322 g/mol. The molecule has 0 radical (unpaired) electrons. The Morgan fingerprint density at radius 3 is 2.70 bits per heavy atom. The van der Waals surface area contributed by atoms with Crippen LogP contribution in [-0.4, -0.2) is 28.3 Å². The van der Waals surface area contributed by atoms with Gasteiger partial charge in [-0.05, 0) is 49.8 Å². The first-order chi connectivity index (χ1) is 9.39. The molecule has 1 aromatic carbocycles. The summed E-state index contributed by atoms with van der Waals surface area (Å²) < 4.78 is 0.714. The molecule has 0 saturated heterocycles. The molecule has 1 fully saturated rings. The molecule has 0 atom stereocenters. The monoisotopic (exact) mass is 341 g/mol. The van der Waals surface area contributed by atoms with E-state index < -0.39 is 5.60 Å². The molecule has 0 aromatic heterocycles. The zero-order chi connectivity index (χ0) is 14.8. The quantitative estimate of drug-likeness (QED) is 0.791. The number of carbonyl (C=O) groups excluding carboxylic acids is 1. The number of nitrogens with one attached hydrogen (secondary N) is 1. The average molecular weight is 342 g/mol. The third kappa shape index (κ3) is 3.73. The van der Waals surface area contributed by atoms with Crippen LogP contribution in [0.1, 0.15) is 43.0 Å². The Kier molecular flexibility index (Phi) is 4.70. The van der Waals surface area contributed by atoms with Gasteiger partial charge in [-0.1, -0.05) is 22.9 Å². The molecule has 4 nitrogen and oxygen atoms in total. The zero-order valence-corrected chi connectivity index (χ0v) is 13.1. The summed E-state index contributed by atoms with van der Waals surface area (Å²) in [5.74, 6) is 0.213. The van der Waals surface area contributed by atoms with E-state index >= 15 is 0 Å². The number of phenols is 1. The number of amides is 1. The molecule has 0 heterocycles. The Labute approximate surface area is 127 Å². The molecule has 5 heteroatoms. The predicted molar refractivity (Wildman–Crippen MR) is 80.7 cm³/mol. The van der Waals surface area contributed by atoms with Gasteiger partial charge in [-0.2, -0.15) is 0 Å². The minimum atomic E-state index is -0.812. The minimum absolute atomic E-state index is 0.0684. The molecular formula is C15H20BrNO3. The van der Waals surface area contributed by atoms with E-state index in [1.165, 1.54) is 6.07 Å². The Bertz CT molecular complexity index is 496. The van der Waals surface area contributed by atoms with Crippen molar-refractivity contribution in [2.45, 2.75) is 38.2 Å². The standard InChI is InChI=1S/C15H20BrNO3/c1-10-4-6-15(20,7-5-10)9-17-14(19)12-3-2-11(16)8-13(12)18/h2-3,8,10,18,20H,4-7,9H2,1H3,(H,17,19). The first-order valence-electron chi connectivity index (χ1n) is 6.89. The summed E-state index contributed by atoms with van der Waals surface area (Å²) in [7, 11) is 0. The van der Waals surface area contributed by atoms with Crippen LogP contribution in [0.15, 0.2) is 22.7 Å². The van der Waals surface area contributed by atoms with Crippen molar-refractivity contribution in [3.05, 3.63) is 28.2 Å². The molecule has 1 saturated carbocycles. The molecule has 2 rings (SSSR count). The molecule has 1 aromatic rings. The van der Waals surface area contributed by atoms with Crippen molar-refractivity contribution in [2.24, 2.45) is 5.92 Å². The van der Waals surface area contributed by atoms with E-state index in [-0.39, 0.29) is 23.8 Å². The van der Waals surface area contributed by atoms with E-state index in [2.05, 4.69) is 28.2 Å². The van der Waals surface area contributed by atoms with Crippen LogP contribution in [0.5, 0.6) is 5.75 Å². The van der Waals surface area contributed by atoms with Crippen LogP contribution in [0.2, 0.25) is 0 Å². The molecule has 1 aliphatic rings. The lowest BCUT2D eigenvalue weighted by Gasteiger charge is -2.34. The molecule has 20 heavy (non-hydrogen) atoms. The molecule has 1 aliphatic carbocycles. The van der Waals surface area contributed by atoms with Crippen LogP contribution >= 0.6 is 15.9 Å². The second-order valence-electron chi connectivity index (χ2n) is 5.75. The number of carbonyl (C=O) groups is 1. The molecule has 0 bridgehead atoms. The van der Waals surface area contributed by atoms with Gasteiger partial charge in [0.1, 0.15) is 5.75 Å². The average Bonchev–Trinajstić information content (AvgIpc) is 2.40. The number of phenolic OH excluding ortho intramolecular Hbond substituents is 1. The number of benzene rings is 1. The van der Waals surface area contributed by atoms with Gasteiger partial charge in [0.25, 0.3) is 5.91 Å². The minimum Gasteiger partial charge on any atom is -0.507 e. The van der Waals surface area contributed by atoms with Crippen molar-refractivity contribution in [1.82, 2.24) is 5.32 Å². The van der Waals surface area contributed by atoms with Crippen molar-refractivity contribution in [2.75, 3.05) is 6.54 Å². The maximum atomic E-state index is 12.0. The van der Waals surface area contributed by atoms with Crippen LogP contribution < -0.4 is 5.32 Å². The normalized spacial score (nSPS) is 26.2. The van der Waals surface area contributed by atoms with Gasteiger partial charge in [-0.25, -0.2) is 0 Å². The summed E-state index contributed by atoms with van der Waals surface area (Å²) in [5, 5.41) is 22.9. The van der Waals surface area contributed by atoms with Crippen LogP contribution in [-0.2, 0) is 0 Å². The summed E-state index contributed by atoms with van der Waals surface area (Å²) in [5.41, 5.74) is -0.589. The Balaban J connectivity index is 1.95. The summed E-state index contributed by atoms with van der Waals surface area (Å²) >= 11 is 3.23. The fraction of sp³-hybridized carbons (Fsp3) is 0.533.